The molecule has 0 aromatic heterocycles. The van der Waals surface area contributed by atoms with Gasteiger partial charge >= 0.3 is 0 Å². The third-order valence-corrected chi connectivity index (χ3v) is 6.87. The lowest BCUT2D eigenvalue weighted by molar-refractivity contribution is -0.118. The summed E-state index contributed by atoms with van der Waals surface area (Å²) in [5.74, 6) is -1.54. The van der Waals surface area contributed by atoms with Crippen LogP contribution >= 0.6 is 0 Å². The van der Waals surface area contributed by atoms with Crippen molar-refractivity contribution in [1.29, 1.82) is 0 Å². The van der Waals surface area contributed by atoms with E-state index in [4.69, 9.17) is 4.74 Å². The van der Waals surface area contributed by atoms with Crippen LogP contribution in [-0.2, 0) is 22.6 Å². The van der Waals surface area contributed by atoms with Gasteiger partial charge in [0.15, 0.2) is 0 Å². The van der Waals surface area contributed by atoms with Crippen LogP contribution < -0.4 is 15.8 Å². The van der Waals surface area contributed by atoms with Crippen LogP contribution in [0.2, 0.25) is 19.6 Å². The van der Waals surface area contributed by atoms with Gasteiger partial charge in [-0.2, -0.15) is 0 Å². The zero-order valence-corrected chi connectivity index (χ0v) is 17.7. The van der Waals surface area contributed by atoms with Crippen molar-refractivity contribution < 1.29 is 18.3 Å². The molecule has 1 unspecified atom stereocenters. The molecule has 0 bridgehead atoms. The van der Waals surface area contributed by atoms with E-state index in [1.807, 2.05) is 37.8 Å². The molecule has 4 nitrogen and oxygen atoms in total. The number of nitrogens with one attached hydrogen (secondary N) is 2. The fourth-order valence-corrected chi connectivity index (χ4v) is 5.26. The fourth-order valence-electron chi connectivity index (χ4n) is 3.68. The Morgan fingerprint density at radius 1 is 1.21 bits per heavy atom. The lowest BCUT2D eigenvalue weighted by Gasteiger charge is -2.27. The molecule has 2 aromatic carbocycles. The van der Waals surface area contributed by atoms with E-state index in [-0.39, 0.29) is 16.8 Å². The Morgan fingerprint density at radius 2 is 1.89 bits per heavy atom. The Labute approximate surface area is 165 Å². The van der Waals surface area contributed by atoms with E-state index < -0.39 is 25.8 Å². The molecule has 3 rings (SSSR count). The first kappa shape index (κ1) is 20.6. The Hall–Kier alpha value is -2.09. The van der Waals surface area contributed by atoms with Crippen LogP contribution in [0.4, 0.5) is 14.5 Å². The molecule has 1 atom stereocenters. The van der Waals surface area contributed by atoms with E-state index in [0.717, 1.165) is 23.1 Å². The van der Waals surface area contributed by atoms with E-state index in [9.17, 15) is 13.6 Å². The maximum Gasteiger partial charge on any atom is 0.246 e. The maximum atomic E-state index is 14.5. The van der Waals surface area contributed by atoms with Gasteiger partial charge in [-0.15, -0.1) is 0 Å². The molecule has 0 aliphatic carbocycles. The Balaban J connectivity index is 1.83. The van der Waals surface area contributed by atoms with Crippen molar-refractivity contribution in [3.8, 4) is 0 Å². The highest BCUT2D eigenvalue weighted by Gasteiger charge is 2.28. The molecular weight excluding hydrogens is 378 g/mol. The summed E-state index contributed by atoms with van der Waals surface area (Å²) in [6.07, 6.45) is 0.810. The van der Waals surface area contributed by atoms with Gasteiger partial charge in [0.1, 0.15) is 17.7 Å². The van der Waals surface area contributed by atoms with Gasteiger partial charge in [-0.25, -0.2) is 8.78 Å². The number of amides is 1. The first-order chi connectivity index (χ1) is 13.2. The standard InChI is InChI=1S/C21H26F2N2O2Si/c1-27-12-13-5-6-16-14(9-13)7-8-24-19(16)21(26)25-15-10-17(22)20(18(23)11-15)28(2,3)4/h5-6,9-11,19,24H,7-8,12H2,1-4H3,(H,25,26). The first-order valence-corrected chi connectivity index (χ1v) is 12.8. The highest BCUT2D eigenvalue weighted by Crippen LogP contribution is 2.26. The molecule has 0 saturated heterocycles. The minimum atomic E-state index is -2.16. The first-order valence-electron chi connectivity index (χ1n) is 9.35. The average molecular weight is 405 g/mol. The largest absolute Gasteiger partial charge is 0.380 e. The van der Waals surface area contributed by atoms with Gasteiger partial charge in [0.2, 0.25) is 5.91 Å². The van der Waals surface area contributed by atoms with Crippen molar-refractivity contribution in [2.45, 2.75) is 38.7 Å². The number of carbonyl (C=O) groups is 1. The number of fused-ring (bicyclic) bond motifs is 1. The summed E-state index contributed by atoms with van der Waals surface area (Å²) in [6.45, 7) is 6.81. The summed E-state index contributed by atoms with van der Waals surface area (Å²) < 4.78 is 34.1. The van der Waals surface area contributed by atoms with Crippen LogP contribution in [0.5, 0.6) is 0 Å². The third-order valence-electron chi connectivity index (χ3n) is 4.89. The molecule has 0 fully saturated rings. The molecule has 0 radical (unpaired) electrons. The zero-order valence-electron chi connectivity index (χ0n) is 16.7. The van der Waals surface area contributed by atoms with E-state index >= 15 is 0 Å². The molecule has 2 N–H and O–H groups in total. The third kappa shape index (κ3) is 4.32. The van der Waals surface area contributed by atoms with Crippen molar-refractivity contribution in [1.82, 2.24) is 5.32 Å². The molecule has 150 valence electrons. The Bertz CT molecular complexity index is 873. The Morgan fingerprint density at radius 3 is 2.50 bits per heavy atom. The van der Waals surface area contributed by atoms with Crippen molar-refractivity contribution in [2.75, 3.05) is 19.0 Å². The molecule has 1 aliphatic heterocycles. The van der Waals surface area contributed by atoms with Gasteiger partial charge in [0.25, 0.3) is 0 Å². The molecule has 28 heavy (non-hydrogen) atoms. The van der Waals surface area contributed by atoms with E-state index in [1.54, 1.807) is 7.11 Å². The van der Waals surface area contributed by atoms with Gasteiger partial charge in [-0.05, 0) is 35.2 Å². The van der Waals surface area contributed by atoms with Gasteiger partial charge in [-0.1, -0.05) is 37.8 Å². The quantitative estimate of drug-likeness (QED) is 0.750. The summed E-state index contributed by atoms with van der Waals surface area (Å²) in [5, 5.41) is 6.00. The minimum absolute atomic E-state index is 0.131. The van der Waals surface area contributed by atoms with Crippen LogP contribution in [0.1, 0.15) is 22.7 Å². The van der Waals surface area contributed by atoms with Crippen LogP contribution in [-0.4, -0.2) is 27.6 Å². The Kier molecular flexibility index (Phi) is 5.97. The number of halogens is 2. The molecule has 1 heterocycles. The molecule has 7 heteroatoms. The molecular formula is C21H26F2N2O2Si. The van der Waals surface area contributed by atoms with Crippen LogP contribution in [0.3, 0.4) is 0 Å². The van der Waals surface area contributed by atoms with E-state index in [2.05, 4.69) is 10.6 Å². The van der Waals surface area contributed by atoms with Crippen molar-refractivity contribution in [3.63, 3.8) is 0 Å². The predicted octanol–water partition coefficient (Wildman–Crippen LogP) is 3.48. The number of ether oxygens (including phenoxy) is 1. The smallest absolute Gasteiger partial charge is 0.246 e. The molecule has 0 spiro atoms. The number of carbonyl (C=O) groups excluding carboxylic acids is 1. The monoisotopic (exact) mass is 404 g/mol. The number of hydrogen-bond acceptors (Lipinski definition) is 3. The number of methoxy groups -OCH3 is 1. The SMILES string of the molecule is COCc1ccc2c(c1)CCNC2C(=O)Nc1cc(F)c([Si](C)(C)C)c(F)c1. The number of benzene rings is 2. The normalized spacial score (nSPS) is 16.6. The van der Waals surface area contributed by atoms with E-state index in [1.165, 1.54) is 12.1 Å². The topological polar surface area (TPSA) is 50.4 Å². The summed E-state index contributed by atoms with van der Waals surface area (Å²) in [6, 6.07) is 7.73. The summed E-state index contributed by atoms with van der Waals surface area (Å²) in [7, 11) is -0.521. The van der Waals surface area contributed by atoms with Gasteiger partial charge in [0.05, 0.1) is 14.7 Å². The van der Waals surface area contributed by atoms with Crippen molar-refractivity contribution in [2.24, 2.45) is 0 Å². The van der Waals surface area contributed by atoms with Gasteiger partial charge in [-0.3, -0.25) is 4.79 Å². The van der Waals surface area contributed by atoms with Crippen molar-refractivity contribution >= 4 is 24.9 Å². The zero-order chi connectivity index (χ0) is 20.5. The summed E-state index contributed by atoms with van der Waals surface area (Å²) in [4.78, 5) is 12.8. The lowest BCUT2D eigenvalue weighted by Crippen LogP contribution is -2.42. The fraction of sp³-hybridized carbons (Fsp3) is 0.381. The van der Waals surface area contributed by atoms with Crippen LogP contribution in [0.25, 0.3) is 0 Å². The molecule has 1 amide bonds. The molecule has 1 aliphatic rings. The van der Waals surface area contributed by atoms with Gasteiger partial charge < -0.3 is 15.4 Å². The second-order valence-corrected chi connectivity index (χ2v) is 13.2. The number of rotatable bonds is 5. The number of anilines is 1. The average Bonchev–Trinajstić information content (AvgIpc) is 2.59. The summed E-state index contributed by atoms with van der Waals surface area (Å²) >= 11 is 0. The molecule has 2 aromatic rings. The highest BCUT2D eigenvalue weighted by molar-refractivity contribution is 6.88. The maximum absolute atomic E-state index is 14.5. The lowest BCUT2D eigenvalue weighted by atomic mass is 9.92. The van der Waals surface area contributed by atoms with Crippen molar-refractivity contribution in [3.05, 3.63) is 58.7 Å². The van der Waals surface area contributed by atoms with Crippen LogP contribution in [0, 0.1) is 11.6 Å². The van der Waals surface area contributed by atoms with Gasteiger partial charge in [0, 0.05) is 24.5 Å². The predicted molar refractivity (Wildman–Crippen MR) is 110 cm³/mol. The minimum Gasteiger partial charge on any atom is -0.380 e. The van der Waals surface area contributed by atoms with E-state index in [0.29, 0.717) is 13.2 Å². The second kappa shape index (κ2) is 8.11. The highest BCUT2D eigenvalue weighted by atomic mass is 28.3. The summed E-state index contributed by atoms with van der Waals surface area (Å²) in [5.41, 5.74) is 3.14. The number of hydrogen-bond donors (Lipinski definition) is 2. The molecule has 0 saturated carbocycles. The second-order valence-electron chi connectivity index (χ2n) is 8.16. The van der Waals surface area contributed by atoms with Crippen LogP contribution in [0.15, 0.2) is 30.3 Å².